The third kappa shape index (κ3) is 1.16. The molecule has 5 heteroatoms. The van der Waals surface area contributed by atoms with E-state index in [1.807, 2.05) is 25.8 Å². The minimum absolute atomic E-state index is 0.244. The molecular weight excluding hydrogens is 178 g/mol. The summed E-state index contributed by atoms with van der Waals surface area (Å²) in [4.78, 5) is 6.21. The number of nitrogens with one attached hydrogen (secondary N) is 1. The van der Waals surface area contributed by atoms with Gasteiger partial charge in [-0.2, -0.15) is 5.10 Å². The van der Waals surface area contributed by atoms with Gasteiger partial charge >= 0.3 is 0 Å². The highest BCUT2D eigenvalue weighted by Gasteiger charge is 2.27. The number of hydrogen-bond donors (Lipinski definition) is 2. The molecule has 1 atom stereocenters. The number of nitrogens with zero attached hydrogens (tertiary/aromatic N) is 3. The molecule has 2 rings (SSSR count). The standard InChI is InChI=1S/C9H15N5/c1-5-8(6(2)13-12-5)7-4-11-9(10)14(7)3/h7H,4H2,1-3H3,(H2,10,11)(H,12,13). The summed E-state index contributed by atoms with van der Waals surface area (Å²) in [7, 11) is 1.96. The van der Waals surface area contributed by atoms with Gasteiger partial charge in [0.25, 0.3) is 0 Å². The number of H-pyrrole nitrogens is 1. The average molecular weight is 193 g/mol. The molecule has 76 valence electrons. The third-order valence-electron chi connectivity index (χ3n) is 2.77. The predicted molar refractivity (Wildman–Crippen MR) is 55.1 cm³/mol. The van der Waals surface area contributed by atoms with Crippen LogP contribution in [0.1, 0.15) is 23.0 Å². The zero-order valence-corrected chi connectivity index (χ0v) is 8.70. The van der Waals surface area contributed by atoms with E-state index in [9.17, 15) is 0 Å². The molecule has 1 aromatic rings. The highest BCUT2D eigenvalue weighted by molar-refractivity contribution is 5.80. The van der Waals surface area contributed by atoms with Crippen LogP contribution in [0.2, 0.25) is 0 Å². The van der Waals surface area contributed by atoms with Crippen molar-refractivity contribution in [3.05, 3.63) is 17.0 Å². The topological polar surface area (TPSA) is 70.3 Å². The van der Waals surface area contributed by atoms with Gasteiger partial charge in [0.1, 0.15) is 0 Å². The van der Waals surface area contributed by atoms with Crippen LogP contribution >= 0.6 is 0 Å². The number of aromatic nitrogens is 2. The molecule has 0 aromatic carbocycles. The van der Waals surface area contributed by atoms with E-state index in [1.165, 1.54) is 5.56 Å². The second-order valence-corrected chi connectivity index (χ2v) is 3.67. The molecule has 1 aliphatic heterocycles. The molecule has 0 radical (unpaired) electrons. The number of aryl methyl sites for hydroxylation is 2. The molecule has 0 aliphatic carbocycles. The van der Waals surface area contributed by atoms with Crippen molar-refractivity contribution in [3.63, 3.8) is 0 Å². The van der Waals surface area contributed by atoms with Crippen molar-refractivity contribution >= 4 is 5.96 Å². The van der Waals surface area contributed by atoms with Crippen molar-refractivity contribution in [1.82, 2.24) is 15.1 Å². The Kier molecular flexibility index (Phi) is 1.94. The summed E-state index contributed by atoms with van der Waals surface area (Å²) in [5.74, 6) is 0.606. The quantitative estimate of drug-likeness (QED) is 0.675. The largest absolute Gasteiger partial charge is 0.370 e. The predicted octanol–water partition coefficient (Wildman–Crippen LogP) is 0.328. The van der Waals surface area contributed by atoms with Crippen LogP contribution in [0, 0.1) is 13.8 Å². The zero-order chi connectivity index (χ0) is 10.3. The summed E-state index contributed by atoms with van der Waals surface area (Å²) in [5, 5.41) is 7.16. The van der Waals surface area contributed by atoms with Crippen molar-refractivity contribution in [2.45, 2.75) is 19.9 Å². The molecule has 0 amide bonds. The monoisotopic (exact) mass is 193 g/mol. The van der Waals surface area contributed by atoms with Crippen LogP contribution in [0.3, 0.4) is 0 Å². The molecule has 3 N–H and O–H groups in total. The van der Waals surface area contributed by atoms with Crippen molar-refractivity contribution in [1.29, 1.82) is 0 Å². The molecule has 0 fully saturated rings. The van der Waals surface area contributed by atoms with E-state index in [0.29, 0.717) is 5.96 Å². The fraction of sp³-hybridized carbons (Fsp3) is 0.556. The van der Waals surface area contributed by atoms with Crippen molar-refractivity contribution in [2.75, 3.05) is 13.6 Å². The maximum Gasteiger partial charge on any atom is 0.191 e. The molecule has 1 aromatic heterocycles. The first kappa shape index (κ1) is 9.05. The van der Waals surface area contributed by atoms with Gasteiger partial charge in [-0.15, -0.1) is 0 Å². The number of aliphatic imine (C=N–C) groups is 1. The summed E-state index contributed by atoms with van der Waals surface area (Å²) < 4.78 is 0. The van der Waals surface area contributed by atoms with Gasteiger partial charge in [-0.3, -0.25) is 10.1 Å². The smallest absolute Gasteiger partial charge is 0.191 e. The number of nitrogens with two attached hydrogens (primary N) is 1. The molecule has 2 heterocycles. The lowest BCUT2D eigenvalue weighted by Crippen LogP contribution is -2.32. The van der Waals surface area contributed by atoms with Gasteiger partial charge < -0.3 is 10.6 Å². The SMILES string of the molecule is Cc1n[nH]c(C)c1C1CN=C(N)N1C. The lowest BCUT2D eigenvalue weighted by molar-refractivity contribution is 0.411. The molecule has 0 spiro atoms. The van der Waals surface area contributed by atoms with Gasteiger partial charge in [0.15, 0.2) is 5.96 Å². The van der Waals surface area contributed by atoms with Crippen LogP contribution in [-0.4, -0.2) is 34.6 Å². The number of likely N-dealkylation sites (N-methyl/N-ethyl adjacent to an activating group) is 1. The summed E-state index contributed by atoms with van der Waals surface area (Å²) in [5.41, 5.74) is 9.07. The normalized spacial score (nSPS) is 21.5. The Labute approximate surface area is 83.0 Å². The fourth-order valence-electron chi connectivity index (χ4n) is 1.91. The first-order valence-electron chi connectivity index (χ1n) is 4.65. The van der Waals surface area contributed by atoms with Crippen molar-refractivity contribution in [3.8, 4) is 0 Å². The Balaban J connectivity index is 2.34. The van der Waals surface area contributed by atoms with Gasteiger partial charge in [-0.05, 0) is 13.8 Å². The fourth-order valence-corrected chi connectivity index (χ4v) is 1.91. The maximum atomic E-state index is 5.72. The van der Waals surface area contributed by atoms with Crippen LogP contribution in [0.15, 0.2) is 4.99 Å². The minimum atomic E-state index is 0.244. The van der Waals surface area contributed by atoms with Crippen LogP contribution in [0.25, 0.3) is 0 Å². The molecule has 1 unspecified atom stereocenters. The van der Waals surface area contributed by atoms with Gasteiger partial charge in [-0.1, -0.05) is 0 Å². The second kappa shape index (κ2) is 3.01. The first-order chi connectivity index (χ1) is 6.61. The van der Waals surface area contributed by atoms with E-state index in [0.717, 1.165) is 17.9 Å². The Morgan fingerprint density at radius 2 is 2.21 bits per heavy atom. The molecule has 0 bridgehead atoms. The van der Waals surface area contributed by atoms with E-state index in [1.54, 1.807) is 0 Å². The minimum Gasteiger partial charge on any atom is -0.370 e. The van der Waals surface area contributed by atoms with E-state index in [4.69, 9.17) is 5.73 Å². The van der Waals surface area contributed by atoms with Gasteiger partial charge in [0.2, 0.25) is 0 Å². The van der Waals surface area contributed by atoms with Crippen molar-refractivity contribution in [2.24, 2.45) is 10.7 Å². The molecule has 14 heavy (non-hydrogen) atoms. The van der Waals surface area contributed by atoms with Crippen LogP contribution < -0.4 is 5.73 Å². The molecule has 5 nitrogen and oxygen atoms in total. The van der Waals surface area contributed by atoms with Gasteiger partial charge in [0, 0.05) is 18.3 Å². The van der Waals surface area contributed by atoms with E-state index < -0.39 is 0 Å². The average Bonchev–Trinajstić information content (AvgIpc) is 2.62. The molecular formula is C9H15N5. The Morgan fingerprint density at radius 1 is 1.50 bits per heavy atom. The molecule has 0 saturated heterocycles. The lowest BCUT2D eigenvalue weighted by atomic mass is 10.1. The summed E-state index contributed by atoms with van der Waals surface area (Å²) in [6.45, 7) is 4.75. The number of rotatable bonds is 1. The lowest BCUT2D eigenvalue weighted by Gasteiger charge is -2.21. The van der Waals surface area contributed by atoms with Crippen LogP contribution in [0.4, 0.5) is 0 Å². The van der Waals surface area contributed by atoms with Crippen LogP contribution in [-0.2, 0) is 0 Å². The Bertz CT molecular complexity index is 359. The number of aromatic amines is 1. The summed E-state index contributed by atoms with van der Waals surface area (Å²) in [6.07, 6.45) is 0. The summed E-state index contributed by atoms with van der Waals surface area (Å²) >= 11 is 0. The van der Waals surface area contributed by atoms with Gasteiger partial charge in [0.05, 0.1) is 18.3 Å². The van der Waals surface area contributed by atoms with E-state index in [2.05, 4.69) is 15.2 Å². The molecule has 0 saturated carbocycles. The highest BCUT2D eigenvalue weighted by Crippen LogP contribution is 2.27. The Morgan fingerprint density at radius 3 is 2.64 bits per heavy atom. The molecule has 1 aliphatic rings. The first-order valence-corrected chi connectivity index (χ1v) is 4.65. The highest BCUT2D eigenvalue weighted by atomic mass is 15.3. The number of guanidine groups is 1. The number of hydrogen-bond acceptors (Lipinski definition) is 4. The van der Waals surface area contributed by atoms with Crippen LogP contribution in [0.5, 0.6) is 0 Å². The zero-order valence-electron chi connectivity index (χ0n) is 8.70. The van der Waals surface area contributed by atoms with E-state index in [-0.39, 0.29) is 6.04 Å². The third-order valence-corrected chi connectivity index (χ3v) is 2.77. The maximum absolute atomic E-state index is 5.72. The van der Waals surface area contributed by atoms with Crippen molar-refractivity contribution < 1.29 is 0 Å². The Hall–Kier alpha value is -1.52. The second-order valence-electron chi connectivity index (χ2n) is 3.67. The summed E-state index contributed by atoms with van der Waals surface area (Å²) in [6, 6.07) is 0.244. The van der Waals surface area contributed by atoms with Gasteiger partial charge in [-0.25, -0.2) is 0 Å². The van der Waals surface area contributed by atoms with E-state index >= 15 is 0 Å².